The molecule has 0 radical (unpaired) electrons. The average molecular weight is 539 g/mol. The molecule has 0 bridgehead atoms. The second-order valence-electron chi connectivity index (χ2n) is 8.40. The standard InChI is InChI=1S/C22H21F8N5O2/c1-11-5-13(32-33-19(11)15-9-35(2)34-20(15)22(28,29)30)3-4-14(36)6-12-7-16(21(25,26)27)31-18(8-12)37-10-17(23)24/h5,8-9,12,17H,3-4,6-7,10H2,1-2H3. The molecule has 0 amide bonds. The van der Waals surface area contributed by atoms with Gasteiger partial charge in [-0.3, -0.25) is 9.48 Å². The molecule has 2 aromatic heterocycles. The maximum absolute atomic E-state index is 13.3. The highest BCUT2D eigenvalue weighted by Gasteiger charge is 2.40. The number of halogens is 8. The van der Waals surface area contributed by atoms with Crippen LogP contribution in [-0.2, 0) is 29.2 Å². The number of aryl methyl sites for hydroxylation is 3. The van der Waals surface area contributed by atoms with Crippen molar-refractivity contribution in [2.24, 2.45) is 18.0 Å². The summed E-state index contributed by atoms with van der Waals surface area (Å²) in [5.74, 6) is -2.02. The van der Waals surface area contributed by atoms with Gasteiger partial charge in [-0.2, -0.15) is 36.5 Å². The van der Waals surface area contributed by atoms with E-state index in [4.69, 9.17) is 0 Å². The molecule has 37 heavy (non-hydrogen) atoms. The summed E-state index contributed by atoms with van der Waals surface area (Å²) >= 11 is 0. The minimum absolute atomic E-state index is 0.0295. The third-order valence-corrected chi connectivity index (χ3v) is 5.30. The van der Waals surface area contributed by atoms with Crippen molar-refractivity contribution in [1.82, 2.24) is 20.0 Å². The molecule has 0 aromatic carbocycles. The summed E-state index contributed by atoms with van der Waals surface area (Å²) < 4.78 is 110. The van der Waals surface area contributed by atoms with Crippen LogP contribution in [0.1, 0.15) is 36.2 Å². The van der Waals surface area contributed by atoms with Crippen molar-refractivity contribution in [1.29, 1.82) is 0 Å². The Kier molecular flexibility index (Phi) is 8.32. The van der Waals surface area contributed by atoms with Crippen LogP contribution in [-0.4, -0.2) is 50.7 Å². The molecule has 3 heterocycles. The van der Waals surface area contributed by atoms with Gasteiger partial charge in [-0.05, 0) is 37.0 Å². The van der Waals surface area contributed by atoms with Crippen molar-refractivity contribution in [3.05, 3.63) is 41.2 Å². The number of ether oxygens (including phenoxy) is 1. The molecular formula is C22H21F8N5O2. The van der Waals surface area contributed by atoms with E-state index in [-0.39, 0.29) is 30.5 Å². The SMILES string of the molecule is Cc1cc(CCC(=O)CC2C=C(OCC(F)F)N=C(C(F)(F)F)C2)nnc1-c1cn(C)nc1C(F)(F)F. The van der Waals surface area contributed by atoms with Gasteiger partial charge in [-0.1, -0.05) is 0 Å². The van der Waals surface area contributed by atoms with E-state index in [1.165, 1.54) is 26.2 Å². The summed E-state index contributed by atoms with van der Waals surface area (Å²) in [6.45, 7) is 0.382. The largest absolute Gasteiger partial charge is 0.472 e. The zero-order chi connectivity index (χ0) is 27.5. The topological polar surface area (TPSA) is 82.3 Å². The average Bonchev–Trinajstić information content (AvgIpc) is 3.17. The monoisotopic (exact) mass is 539 g/mol. The van der Waals surface area contributed by atoms with E-state index in [0.29, 0.717) is 11.3 Å². The Balaban J connectivity index is 1.66. The summed E-state index contributed by atoms with van der Waals surface area (Å²) in [6, 6.07) is 1.47. The number of ketones is 1. The molecule has 0 fully saturated rings. The smallest absolute Gasteiger partial charge is 0.435 e. The van der Waals surface area contributed by atoms with Crippen molar-refractivity contribution in [2.75, 3.05) is 6.61 Å². The molecule has 0 spiro atoms. The summed E-state index contributed by atoms with van der Waals surface area (Å²) in [4.78, 5) is 15.7. The number of carbonyl (C=O) groups is 1. The maximum atomic E-state index is 13.3. The fraction of sp³-hybridized carbons (Fsp3) is 0.500. The Morgan fingerprint density at radius 1 is 1.16 bits per heavy atom. The predicted molar refractivity (Wildman–Crippen MR) is 114 cm³/mol. The molecule has 202 valence electrons. The number of carbonyl (C=O) groups excluding carboxylic acids is 1. The van der Waals surface area contributed by atoms with Gasteiger partial charge in [0, 0.05) is 32.5 Å². The molecule has 3 rings (SSSR count). The lowest BCUT2D eigenvalue weighted by molar-refractivity contribution is -0.141. The minimum Gasteiger partial charge on any atom is -0.472 e. The fourth-order valence-corrected chi connectivity index (χ4v) is 3.73. The van der Waals surface area contributed by atoms with Gasteiger partial charge in [0.15, 0.2) is 12.3 Å². The molecule has 2 aromatic rings. The first kappa shape index (κ1) is 28.2. The lowest BCUT2D eigenvalue weighted by Gasteiger charge is -2.22. The molecular weight excluding hydrogens is 518 g/mol. The van der Waals surface area contributed by atoms with E-state index in [2.05, 4.69) is 25.0 Å². The molecule has 15 heteroatoms. The van der Waals surface area contributed by atoms with E-state index in [9.17, 15) is 39.9 Å². The summed E-state index contributed by atoms with van der Waals surface area (Å²) in [5.41, 5.74) is -1.98. The second-order valence-corrected chi connectivity index (χ2v) is 8.40. The Morgan fingerprint density at radius 3 is 2.46 bits per heavy atom. The van der Waals surface area contributed by atoms with Crippen LogP contribution in [0.4, 0.5) is 35.1 Å². The summed E-state index contributed by atoms with van der Waals surface area (Å²) in [7, 11) is 1.33. The Hall–Kier alpha value is -3.39. The van der Waals surface area contributed by atoms with E-state index < -0.39 is 60.8 Å². The quantitative estimate of drug-likeness (QED) is 0.407. The highest BCUT2D eigenvalue weighted by atomic mass is 19.4. The van der Waals surface area contributed by atoms with Crippen LogP contribution >= 0.6 is 0 Å². The lowest BCUT2D eigenvalue weighted by atomic mass is 9.92. The van der Waals surface area contributed by atoms with Gasteiger partial charge >= 0.3 is 12.4 Å². The number of hydrogen-bond donors (Lipinski definition) is 0. The zero-order valence-corrected chi connectivity index (χ0v) is 19.5. The zero-order valence-electron chi connectivity index (χ0n) is 19.5. The van der Waals surface area contributed by atoms with Gasteiger partial charge in [-0.25, -0.2) is 13.8 Å². The van der Waals surface area contributed by atoms with Crippen LogP contribution < -0.4 is 0 Å². The number of allylic oxidation sites excluding steroid dienone is 1. The van der Waals surface area contributed by atoms with Crippen LogP contribution in [0.5, 0.6) is 0 Å². The molecule has 0 N–H and O–H groups in total. The molecule has 1 aliphatic rings. The molecule has 1 unspecified atom stereocenters. The van der Waals surface area contributed by atoms with Crippen molar-refractivity contribution >= 4 is 11.5 Å². The van der Waals surface area contributed by atoms with E-state index in [1.807, 2.05) is 0 Å². The van der Waals surface area contributed by atoms with Gasteiger partial charge in [0.2, 0.25) is 5.88 Å². The highest BCUT2D eigenvalue weighted by Crippen LogP contribution is 2.36. The van der Waals surface area contributed by atoms with Gasteiger partial charge in [0.1, 0.15) is 11.5 Å². The number of aliphatic imine (C=N–C) groups is 1. The van der Waals surface area contributed by atoms with Crippen LogP contribution in [0.25, 0.3) is 11.3 Å². The Labute approximate surface area is 205 Å². The predicted octanol–water partition coefficient (Wildman–Crippen LogP) is 5.24. The lowest BCUT2D eigenvalue weighted by Crippen LogP contribution is -2.29. The first-order chi connectivity index (χ1) is 17.1. The number of rotatable bonds is 9. The number of aromatic nitrogens is 4. The maximum Gasteiger partial charge on any atom is 0.435 e. The van der Waals surface area contributed by atoms with Crippen molar-refractivity contribution < 1.29 is 44.7 Å². The van der Waals surface area contributed by atoms with Crippen LogP contribution in [0.3, 0.4) is 0 Å². The normalized spacial score (nSPS) is 16.6. The number of alkyl halides is 8. The second kappa shape index (κ2) is 10.9. The minimum atomic E-state index is -4.82. The third kappa shape index (κ3) is 7.55. The van der Waals surface area contributed by atoms with Crippen molar-refractivity contribution in [3.63, 3.8) is 0 Å². The van der Waals surface area contributed by atoms with E-state index >= 15 is 0 Å². The molecule has 0 saturated carbocycles. The third-order valence-electron chi connectivity index (χ3n) is 5.30. The van der Waals surface area contributed by atoms with Crippen molar-refractivity contribution in [2.45, 2.75) is 51.4 Å². The van der Waals surface area contributed by atoms with Crippen LogP contribution in [0, 0.1) is 12.8 Å². The van der Waals surface area contributed by atoms with Gasteiger partial charge in [-0.15, -0.1) is 5.10 Å². The molecule has 0 saturated heterocycles. The number of nitrogens with zero attached hydrogens (tertiary/aromatic N) is 5. The molecule has 1 aliphatic heterocycles. The molecule has 1 atom stereocenters. The fourth-order valence-electron chi connectivity index (χ4n) is 3.73. The first-order valence-corrected chi connectivity index (χ1v) is 10.9. The Bertz CT molecular complexity index is 1200. The van der Waals surface area contributed by atoms with Gasteiger partial charge in [0.25, 0.3) is 6.43 Å². The summed E-state index contributed by atoms with van der Waals surface area (Å²) in [6.07, 6.45) is -11.2. The van der Waals surface area contributed by atoms with Crippen LogP contribution in [0.15, 0.2) is 29.2 Å². The van der Waals surface area contributed by atoms with E-state index in [0.717, 1.165) is 10.8 Å². The van der Waals surface area contributed by atoms with Gasteiger partial charge < -0.3 is 4.74 Å². The number of hydrogen-bond acceptors (Lipinski definition) is 6. The molecule has 7 nitrogen and oxygen atoms in total. The van der Waals surface area contributed by atoms with E-state index in [1.54, 1.807) is 0 Å². The van der Waals surface area contributed by atoms with Crippen molar-refractivity contribution in [3.8, 4) is 11.3 Å². The Morgan fingerprint density at radius 2 is 1.86 bits per heavy atom. The molecule has 0 aliphatic carbocycles. The first-order valence-electron chi connectivity index (χ1n) is 10.9. The van der Waals surface area contributed by atoms with Crippen LogP contribution in [0.2, 0.25) is 0 Å². The highest BCUT2D eigenvalue weighted by molar-refractivity contribution is 5.92. The summed E-state index contributed by atoms with van der Waals surface area (Å²) in [5, 5.41) is 11.2. The number of Topliss-reactive ketones (excluding diaryl/α,β-unsaturated/α-hetero) is 1. The van der Waals surface area contributed by atoms with Gasteiger partial charge in [0.05, 0.1) is 17.0 Å².